The highest BCUT2D eigenvalue weighted by Gasteiger charge is 2.24. The summed E-state index contributed by atoms with van der Waals surface area (Å²) < 4.78 is 9.95. The van der Waals surface area contributed by atoms with Gasteiger partial charge >= 0.3 is 11.9 Å². The lowest BCUT2D eigenvalue weighted by atomic mass is 10.1. The molecule has 1 atom stereocenters. The number of carbonyl (C=O) groups excluding carboxylic acids is 3. The summed E-state index contributed by atoms with van der Waals surface area (Å²) in [6, 6.07) is 0.0195. The third-order valence-corrected chi connectivity index (χ3v) is 3.48. The van der Waals surface area contributed by atoms with E-state index in [9.17, 15) is 14.4 Å². The Bertz CT molecular complexity index is 592. The Morgan fingerprint density at radius 2 is 1.78 bits per heavy atom. The zero-order valence-electron chi connectivity index (χ0n) is 14.2. The van der Waals surface area contributed by atoms with Crippen molar-refractivity contribution >= 4 is 17.8 Å². The van der Waals surface area contributed by atoms with Crippen molar-refractivity contribution in [3.05, 3.63) is 22.5 Å². The summed E-state index contributed by atoms with van der Waals surface area (Å²) in [6.07, 6.45) is 0.789. The Morgan fingerprint density at radius 3 is 2.35 bits per heavy atom. The van der Waals surface area contributed by atoms with Crippen LogP contribution >= 0.6 is 0 Å². The largest absolute Gasteiger partial charge is 0.462 e. The maximum Gasteiger partial charge on any atom is 0.355 e. The van der Waals surface area contributed by atoms with E-state index in [0.29, 0.717) is 16.8 Å². The van der Waals surface area contributed by atoms with Gasteiger partial charge in [0.05, 0.1) is 12.2 Å². The van der Waals surface area contributed by atoms with Crippen molar-refractivity contribution in [2.75, 3.05) is 13.2 Å². The Labute approximate surface area is 135 Å². The number of rotatable bonds is 7. The van der Waals surface area contributed by atoms with E-state index in [1.54, 1.807) is 20.8 Å². The third kappa shape index (κ3) is 4.84. The molecule has 0 aliphatic carbocycles. The minimum Gasteiger partial charge on any atom is -0.462 e. The molecule has 2 N–H and O–H groups in total. The van der Waals surface area contributed by atoms with E-state index >= 15 is 0 Å². The molecule has 7 nitrogen and oxygen atoms in total. The molecular weight excluding hydrogens is 300 g/mol. The van der Waals surface area contributed by atoms with Gasteiger partial charge in [-0.2, -0.15) is 0 Å². The summed E-state index contributed by atoms with van der Waals surface area (Å²) in [5.41, 5.74) is 1.45. The molecule has 1 amide bonds. The summed E-state index contributed by atoms with van der Waals surface area (Å²) in [5.74, 6) is -1.54. The molecule has 0 saturated carbocycles. The predicted octanol–water partition coefficient (Wildman–Crippen LogP) is 1.88. The zero-order chi connectivity index (χ0) is 17.6. The number of nitrogens with one attached hydrogen (secondary N) is 2. The fourth-order valence-corrected chi connectivity index (χ4v) is 2.09. The van der Waals surface area contributed by atoms with Crippen molar-refractivity contribution < 1.29 is 23.9 Å². The molecule has 0 spiro atoms. The second-order valence-electron chi connectivity index (χ2n) is 5.30. The van der Waals surface area contributed by atoms with Crippen molar-refractivity contribution in [2.45, 2.75) is 47.1 Å². The highest BCUT2D eigenvalue weighted by atomic mass is 16.5. The van der Waals surface area contributed by atoms with Gasteiger partial charge in [-0.15, -0.1) is 0 Å². The standard InChI is InChI=1S/C16H24N2O5/c1-6-9(3)17-12(19)8-23-16(21)14-10(4)13(11(5)18-14)15(20)22-7-2/h9,18H,6-8H2,1-5H3,(H,17,19)/t9-/m1/s1. The summed E-state index contributed by atoms with van der Waals surface area (Å²) in [5, 5.41) is 2.70. The van der Waals surface area contributed by atoms with Crippen LogP contribution in [-0.2, 0) is 14.3 Å². The van der Waals surface area contributed by atoms with Gasteiger partial charge in [-0.05, 0) is 39.7 Å². The fraction of sp³-hybridized carbons (Fsp3) is 0.562. The predicted molar refractivity (Wildman–Crippen MR) is 84.4 cm³/mol. The van der Waals surface area contributed by atoms with E-state index in [4.69, 9.17) is 9.47 Å². The van der Waals surface area contributed by atoms with Crippen LogP contribution in [0.3, 0.4) is 0 Å². The molecule has 0 aliphatic heterocycles. The lowest BCUT2D eigenvalue weighted by molar-refractivity contribution is -0.124. The van der Waals surface area contributed by atoms with Crippen molar-refractivity contribution in [1.82, 2.24) is 10.3 Å². The molecule has 1 aromatic rings. The minimum absolute atomic E-state index is 0.0195. The Kier molecular flexibility index (Phi) is 6.81. The van der Waals surface area contributed by atoms with E-state index in [-0.39, 0.29) is 30.9 Å². The molecule has 0 saturated heterocycles. The van der Waals surface area contributed by atoms with Gasteiger partial charge in [0.15, 0.2) is 6.61 Å². The molecule has 0 aliphatic rings. The Hall–Kier alpha value is -2.31. The van der Waals surface area contributed by atoms with E-state index in [1.165, 1.54) is 0 Å². The molecule has 1 aromatic heterocycles. The van der Waals surface area contributed by atoms with E-state index < -0.39 is 11.9 Å². The number of hydrogen-bond acceptors (Lipinski definition) is 5. The van der Waals surface area contributed by atoms with Crippen LogP contribution in [0.4, 0.5) is 0 Å². The van der Waals surface area contributed by atoms with Crippen LogP contribution in [0.2, 0.25) is 0 Å². The molecule has 128 valence electrons. The quantitative estimate of drug-likeness (QED) is 0.746. The minimum atomic E-state index is -0.680. The number of H-pyrrole nitrogens is 1. The van der Waals surface area contributed by atoms with Gasteiger partial charge in [0.25, 0.3) is 5.91 Å². The molecule has 0 fully saturated rings. The van der Waals surface area contributed by atoms with Gasteiger partial charge in [-0.1, -0.05) is 6.92 Å². The molecule has 0 aromatic carbocycles. The second-order valence-corrected chi connectivity index (χ2v) is 5.30. The first kappa shape index (κ1) is 18.7. The molecule has 7 heteroatoms. The maximum atomic E-state index is 12.1. The van der Waals surface area contributed by atoms with Crippen LogP contribution in [0.25, 0.3) is 0 Å². The molecule has 1 heterocycles. The monoisotopic (exact) mass is 324 g/mol. The summed E-state index contributed by atoms with van der Waals surface area (Å²) in [6.45, 7) is 8.70. The second kappa shape index (κ2) is 8.36. The zero-order valence-corrected chi connectivity index (χ0v) is 14.2. The molecular formula is C16H24N2O5. The lowest BCUT2D eigenvalue weighted by Crippen LogP contribution is -2.35. The number of hydrogen-bond donors (Lipinski definition) is 2. The third-order valence-electron chi connectivity index (χ3n) is 3.48. The van der Waals surface area contributed by atoms with Crippen molar-refractivity contribution in [1.29, 1.82) is 0 Å². The Balaban J connectivity index is 2.76. The number of aryl methyl sites for hydroxylation is 1. The lowest BCUT2D eigenvalue weighted by Gasteiger charge is -2.11. The number of amides is 1. The smallest absolute Gasteiger partial charge is 0.355 e. The SMILES string of the molecule is CCOC(=O)c1c(C)[nH]c(C(=O)OCC(=O)N[C@H](C)CC)c1C. The first-order valence-corrected chi connectivity index (χ1v) is 7.64. The molecule has 0 unspecified atom stereocenters. The van der Waals surface area contributed by atoms with Crippen molar-refractivity contribution in [2.24, 2.45) is 0 Å². The van der Waals surface area contributed by atoms with E-state index in [0.717, 1.165) is 6.42 Å². The molecule has 1 rings (SSSR count). The first-order chi connectivity index (χ1) is 10.8. The van der Waals surface area contributed by atoms with Gasteiger partial charge in [0.1, 0.15) is 5.69 Å². The van der Waals surface area contributed by atoms with Crippen LogP contribution in [0.15, 0.2) is 0 Å². The number of aromatic amines is 1. The Morgan fingerprint density at radius 1 is 1.13 bits per heavy atom. The van der Waals surface area contributed by atoms with Crippen LogP contribution in [0, 0.1) is 13.8 Å². The summed E-state index contributed by atoms with van der Waals surface area (Å²) in [4.78, 5) is 38.4. The highest BCUT2D eigenvalue weighted by molar-refractivity contribution is 5.99. The van der Waals surface area contributed by atoms with Crippen molar-refractivity contribution in [3.8, 4) is 0 Å². The van der Waals surface area contributed by atoms with E-state index in [2.05, 4.69) is 10.3 Å². The normalized spacial score (nSPS) is 11.7. The maximum absolute atomic E-state index is 12.1. The van der Waals surface area contributed by atoms with Crippen LogP contribution in [0.1, 0.15) is 59.3 Å². The van der Waals surface area contributed by atoms with Gasteiger partial charge in [0, 0.05) is 11.7 Å². The summed E-state index contributed by atoms with van der Waals surface area (Å²) in [7, 11) is 0. The highest BCUT2D eigenvalue weighted by Crippen LogP contribution is 2.19. The average Bonchev–Trinajstić information content (AvgIpc) is 2.79. The number of carbonyl (C=O) groups is 3. The number of aromatic nitrogens is 1. The van der Waals surface area contributed by atoms with Crippen LogP contribution < -0.4 is 5.32 Å². The molecule has 23 heavy (non-hydrogen) atoms. The van der Waals surface area contributed by atoms with Gasteiger partial charge in [-0.25, -0.2) is 9.59 Å². The molecule has 0 radical (unpaired) electrons. The molecule has 0 bridgehead atoms. The van der Waals surface area contributed by atoms with Gasteiger partial charge < -0.3 is 19.8 Å². The van der Waals surface area contributed by atoms with Gasteiger partial charge in [0.2, 0.25) is 0 Å². The first-order valence-electron chi connectivity index (χ1n) is 7.64. The van der Waals surface area contributed by atoms with E-state index in [1.807, 2.05) is 13.8 Å². The number of esters is 2. The fourth-order valence-electron chi connectivity index (χ4n) is 2.09. The summed E-state index contributed by atoms with van der Waals surface area (Å²) >= 11 is 0. The number of ether oxygens (including phenoxy) is 2. The van der Waals surface area contributed by atoms with Crippen molar-refractivity contribution in [3.63, 3.8) is 0 Å². The van der Waals surface area contributed by atoms with Gasteiger partial charge in [-0.3, -0.25) is 4.79 Å². The topological polar surface area (TPSA) is 97.5 Å². The van der Waals surface area contributed by atoms with Crippen LogP contribution in [-0.4, -0.2) is 42.1 Å². The average molecular weight is 324 g/mol. The van der Waals surface area contributed by atoms with Crippen LogP contribution in [0.5, 0.6) is 0 Å².